The molecule has 1 atom stereocenters. The summed E-state index contributed by atoms with van der Waals surface area (Å²) < 4.78 is 13.1. The molecule has 5 nitrogen and oxygen atoms in total. The number of piperidine rings is 1. The molecule has 0 spiro atoms. The Morgan fingerprint density at radius 3 is 2.28 bits per heavy atom. The molecule has 29 heavy (non-hydrogen) atoms. The number of rotatable bonds is 4. The van der Waals surface area contributed by atoms with E-state index in [-0.39, 0.29) is 23.5 Å². The van der Waals surface area contributed by atoms with Crippen LogP contribution in [0, 0.1) is 17.2 Å². The summed E-state index contributed by atoms with van der Waals surface area (Å²) in [6.07, 6.45) is 2.81. The molecule has 2 saturated heterocycles. The van der Waals surface area contributed by atoms with Crippen LogP contribution in [0.3, 0.4) is 0 Å². The molecule has 0 radical (unpaired) electrons. The van der Waals surface area contributed by atoms with Crippen LogP contribution in [-0.2, 0) is 4.79 Å². The van der Waals surface area contributed by atoms with Gasteiger partial charge < -0.3 is 9.80 Å². The van der Waals surface area contributed by atoms with Gasteiger partial charge in [-0.1, -0.05) is 20.8 Å². The topological polar surface area (TPSA) is 43.9 Å². The molecule has 0 saturated carbocycles. The van der Waals surface area contributed by atoms with Gasteiger partial charge in [0.25, 0.3) is 5.91 Å². The molecule has 6 heteroatoms. The van der Waals surface area contributed by atoms with E-state index in [2.05, 4.69) is 25.7 Å². The minimum atomic E-state index is -0.352. The molecule has 1 aromatic rings. The second kappa shape index (κ2) is 9.24. The zero-order chi connectivity index (χ0) is 21.0. The van der Waals surface area contributed by atoms with Crippen molar-refractivity contribution in [2.75, 3.05) is 45.8 Å². The Bertz CT molecular complexity index is 706. The number of nitrogens with zero attached hydrogens (tertiary/aromatic N) is 3. The van der Waals surface area contributed by atoms with Gasteiger partial charge in [0, 0.05) is 44.8 Å². The molecule has 0 N–H and O–H groups in total. The number of hydrogen-bond acceptors (Lipinski definition) is 3. The SMILES string of the molecule is CC(C)(C)CCN1CCN(C(=O)C2CCCN(C(=O)c3ccc(F)cc3)C2)CC1. The lowest BCUT2D eigenvalue weighted by Crippen LogP contribution is -2.53. The zero-order valence-electron chi connectivity index (χ0n) is 18.0. The van der Waals surface area contributed by atoms with Gasteiger partial charge in [0.15, 0.2) is 0 Å². The molecule has 0 bridgehead atoms. The summed E-state index contributed by atoms with van der Waals surface area (Å²) in [5.74, 6) is -0.421. The van der Waals surface area contributed by atoms with E-state index in [1.54, 1.807) is 4.90 Å². The molecule has 0 aromatic heterocycles. The lowest BCUT2D eigenvalue weighted by Gasteiger charge is -2.39. The fraction of sp³-hybridized carbons (Fsp3) is 0.652. The average molecular weight is 404 g/mol. The van der Waals surface area contributed by atoms with E-state index < -0.39 is 0 Å². The Morgan fingerprint density at radius 1 is 1.00 bits per heavy atom. The summed E-state index contributed by atoms with van der Waals surface area (Å²) in [7, 11) is 0. The molecule has 1 aromatic carbocycles. The summed E-state index contributed by atoms with van der Waals surface area (Å²) >= 11 is 0. The predicted octanol–water partition coefficient (Wildman–Crippen LogP) is 3.26. The minimum absolute atomic E-state index is 0.116. The fourth-order valence-electron chi connectivity index (χ4n) is 4.08. The summed E-state index contributed by atoms with van der Waals surface area (Å²) in [5.41, 5.74) is 0.808. The van der Waals surface area contributed by atoms with Crippen LogP contribution >= 0.6 is 0 Å². The van der Waals surface area contributed by atoms with Crippen LogP contribution in [0.2, 0.25) is 0 Å². The number of carbonyl (C=O) groups excluding carboxylic acids is 2. The number of benzene rings is 1. The second-order valence-electron chi connectivity index (χ2n) is 9.57. The molecular weight excluding hydrogens is 369 g/mol. The maximum Gasteiger partial charge on any atom is 0.253 e. The normalized spacial score (nSPS) is 21.3. The first kappa shape index (κ1) is 21.8. The van der Waals surface area contributed by atoms with Gasteiger partial charge >= 0.3 is 0 Å². The van der Waals surface area contributed by atoms with E-state index in [0.717, 1.165) is 52.0 Å². The number of hydrogen-bond donors (Lipinski definition) is 0. The number of halogens is 1. The van der Waals surface area contributed by atoms with Gasteiger partial charge in [-0.25, -0.2) is 4.39 Å². The Balaban J connectivity index is 1.51. The van der Waals surface area contributed by atoms with Gasteiger partial charge in [0.05, 0.1) is 5.92 Å². The average Bonchev–Trinajstić information content (AvgIpc) is 2.72. The van der Waals surface area contributed by atoms with Crippen molar-refractivity contribution in [2.24, 2.45) is 11.3 Å². The van der Waals surface area contributed by atoms with Crippen LogP contribution in [0.25, 0.3) is 0 Å². The highest BCUT2D eigenvalue weighted by molar-refractivity contribution is 5.94. The number of amides is 2. The third kappa shape index (κ3) is 6.01. The standard InChI is InChI=1S/C23H34FN3O2/c1-23(2,3)10-12-25-13-15-26(16-14-25)22(29)19-5-4-11-27(17-19)21(28)18-6-8-20(24)9-7-18/h6-9,19H,4-5,10-17H2,1-3H3. The van der Waals surface area contributed by atoms with Gasteiger partial charge in [0.2, 0.25) is 5.91 Å². The van der Waals surface area contributed by atoms with Crippen LogP contribution in [0.1, 0.15) is 50.4 Å². The van der Waals surface area contributed by atoms with Crippen molar-refractivity contribution in [1.29, 1.82) is 0 Å². The smallest absolute Gasteiger partial charge is 0.253 e. The van der Waals surface area contributed by atoms with Crippen molar-refractivity contribution in [2.45, 2.75) is 40.0 Å². The highest BCUT2D eigenvalue weighted by Crippen LogP contribution is 2.23. The monoisotopic (exact) mass is 403 g/mol. The molecule has 3 rings (SSSR count). The number of carbonyl (C=O) groups is 2. The molecule has 2 fully saturated rings. The van der Waals surface area contributed by atoms with Crippen LogP contribution in [-0.4, -0.2) is 72.3 Å². The third-order valence-corrected chi connectivity index (χ3v) is 6.01. The number of piperazine rings is 1. The molecule has 2 heterocycles. The van der Waals surface area contributed by atoms with Gasteiger partial charge in [-0.2, -0.15) is 0 Å². The summed E-state index contributed by atoms with van der Waals surface area (Å²) in [6.45, 7) is 12.4. The second-order valence-corrected chi connectivity index (χ2v) is 9.57. The largest absolute Gasteiger partial charge is 0.340 e. The Kier molecular flexibility index (Phi) is 6.93. The van der Waals surface area contributed by atoms with Gasteiger partial charge in [-0.3, -0.25) is 14.5 Å². The molecule has 2 amide bonds. The Morgan fingerprint density at radius 2 is 1.66 bits per heavy atom. The van der Waals surface area contributed by atoms with Crippen LogP contribution < -0.4 is 0 Å². The highest BCUT2D eigenvalue weighted by Gasteiger charge is 2.33. The van der Waals surface area contributed by atoms with Crippen molar-refractivity contribution in [3.8, 4) is 0 Å². The molecule has 2 aliphatic rings. The molecule has 1 unspecified atom stereocenters. The van der Waals surface area contributed by atoms with E-state index in [1.165, 1.54) is 24.3 Å². The quantitative estimate of drug-likeness (QED) is 0.775. The zero-order valence-corrected chi connectivity index (χ0v) is 18.0. The highest BCUT2D eigenvalue weighted by atomic mass is 19.1. The van der Waals surface area contributed by atoms with Crippen molar-refractivity contribution in [3.63, 3.8) is 0 Å². The third-order valence-electron chi connectivity index (χ3n) is 6.01. The molecular formula is C23H34FN3O2. The van der Waals surface area contributed by atoms with Gasteiger partial charge in [-0.15, -0.1) is 0 Å². The van der Waals surface area contributed by atoms with Gasteiger partial charge in [0.1, 0.15) is 5.82 Å². The van der Waals surface area contributed by atoms with E-state index >= 15 is 0 Å². The first-order chi connectivity index (χ1) is 13.7. The van der Waals surface area contributed by atoms with Crippen molar-refractivity contribution in [3.05, 3.63) is 35.6 Å². The van der Waals surface area contributed by atoms with E-state index in [0.29, 0.717) is 24.1 Å². The maximum absolute atomic E-state index is 13.1. The predicted molar refractivity (Wildman–Crippen MR) is 112 cm³/mol. The van der Waals surface area contributed by atoms with Crippen molar-refractivity contribution < 1.29 is 14.0 Å². The summed E-state index contributed by atoms with van der Waals surface area (Å²) in [6, 6.07) is 5.64. The maximum atomic E-state index is 13.1. The lowest BCUT2D eigenvalue weighted by molar-refractivity contribution is -0.138. The molecule has 0 aliphatic carbocycles. The van der Waals surface area contributed by atoms with E-state index in [1.807, 2.05) is 4.90 Å². The van der Waals surface area contributed by atoms with Crippen molar-refractivity contribution in [1.82, 2.24) is 14.7 Å². The Hall–Kier alpha value is -1.95. The van der Waals surface area contributed by atoms with Crippen LogP contribution in [0.15, 0.2) is 24.3 Å². The van der Waals surface area contributed by atoms with E-state index in [9.17, 15) is 14.0 Å². The van der Waals surface area contributed by atoms with Gasteiger partial charge in [-0.05, 0) is 55.5 Å². The number of likely N-dealkylation sites (tertiary alicyclic amines) is 1. The van der Waals surface area contributed by atoms with Crippen LogP contribution in [0.5, 0.6) is 0 Å². The van der Waals surface area contributed by atoms with Crippen LogP contribution in [0.4, 0.5) is 4.39 Å². The summed E-state index contributed by atoms with van der Waals surface area (Å²) in [5, 5.41) is 0. The summed E-state index contributed by atoms with van der Waals surface area (Å²) in [4.78, 5) is 31.9. The van der Waals surface area contributed by atoms with E-state index in [4.69, 9.17) is 0 Å². The molecule has 160 valence electrons. The fourth-order valence-corrected chi connectivity index (χ4v) is 4.08. The minimum Gasteiger partial charge on any atom is -0.340 e. The first-order valence-electron chi connectivity index (χ1n) is 10.8. The molecule has 2 aliphatic heterocycles. The lowest BCUT2D eigenvalue weighted by atomic mass is 9.92. The van der Waals surface area contributed by atoms with Crippen molar-refractivity contribution >= 4 is 11.8 Å². The first-order valence-corrected chi connectivity index (χ1v) is 10.8. The Labute approximate surface area is 173 Å².